The molecule has 1 N–H and O–H groups in total. The SMILES string of the molecule is CCCCCCCCC(CCC(=O)OCCCCCCC(O)(CCCCCCC)CCCCOC(=O)C1CCN(C)CC1)OCCCCCCC. The van der Waals surface area contributed by atoms with Gasteiger partial charge in [-0.05, 0) is 90.8 Å². The Morgan fingerprint density at radius 3 is 1.65 bits per heavy atom. The summed E-state index contributed by atoms with van der Waals surface area (Å²) in [7, 11) is 2.10. The number of nitrogens with zero attached hydrogens (tertiary/aromatic N) is 1. The van der Waals surface area contributed by atoms with Crippen molar-refractivity contribution in [3.63, 3.8) is 0 Å². The standard InChI is InChI=1S/C44H85NO6/c1-5-8-11-14-15-20-27-41(49-37-24-18-13-10-7-3)28-29-42(46)50-38-25-19-17-22-33-44(48,32-21-16-12-9-6-2)34-23-26-39-51-43(47)40-30-35-45(4)36-31-40/h40-41,48H,5-39H2,1-4H3. The van der Waals surface area contributed by atoms with E-state index in [1.165, 1.54) is 89.9 Å². The van der Waals surface area contributed by atoms with Crippen LogP contribution >= 0.6 is 0 Å². The van der Waals surface area contributed by atoms with Crippen molar-refractivity contribution in [3.8, 4) is 0 Å². The van der Waals surface area contributed by atoms with Crippen molar-refractivity contribution >= 4 is 11.9 Å². The molecule has 2 unspecified atom stereocenters. The normalized spacial score (nSPS) is 15.9. The number of hydrogen-bond donors (Lipinski definition) is 1. The first-order chi connectivity index (χ1) is 24.8. The van der Waals surface area contributed by atoms with Crippen molar-refractivity contribution in [3.05, 3.63) is 0 Å². The number of carbonyl (C=O) groups excluding carboxylic acids is 2. The quantitative estimate of drug-likeness (QED) is 0.0509. The second-order valence-electron chi connectivity index (χ2n) is 16.0. The number of likely N-dealkylation sites (tertiary alicyclic amines) is 1. The van der Waals surface area contributed by atoms with E-state index in [-0.39, 0.29) is 24.0 Å². The highest BCUT2D eigenvalue weighted by Gasteiger charge is 2.27. The third kappa shape index (κ3) is 28.0. The highest BCUT2D eigenvalue weighted by molar-refractivity contribution is 5.72. The minimum Gasteiger partial charge on any atom is -0.466 e. The van der Waals surface area contributed by atoms with Gasteiger partial charge in [0.25, 0.3) is 0 Å². The van der Waals surface area contributed by atoms with E-state index in [1.807, 2.05) is 0 Å². The number of unbranched alkanes of at least 4 members (excludes halogenated alkanes) is 17. The van der Waals surface area contributed by atoms with Gasteiger partial charge in [0, 0.05) is 13.0 Å². The number of rotatable bonds is 36. The Labute approximate surface area is 316 Å². The van der Waals surface area contributed by atoms with E-state index in [0.29, 0.717) is 19.6 Å². The summed E-state index contributed by atoms with van der Waals surface area (Å²) in [4.78, 5) is 27.3. The van der Waals surface area contributed by atoms with Crippen molar-refractivity contribution in [1.82, 2.24) is 4.90 Å². The molecule has 1 rings (SSSR count). The van der Waals surface area contributed by atoms with Gasteiger partial charge in [-0.15, -0.1) is 0 Å². The molecule has 1 aliphatic heterocycles. The molecule has 0 bridgehead atoms. The van der Waals surface area contributed by atoms with E-state index in [4.69, 9.17) is 14.2 Å². The van der Waals surface area contributed by atoms with Crippen LogP contribution in [0.4, 0.5) is 0 Å². The lowest BCUT2D eigenvalue weighted by molar-refractivity contribution is -0.150. The van der Waals surface area contributed by atoms with Gasteiger partial charge < -0.3 is 24.2 Å². The third-order valence-electron chi connectivity index (χ3n) is 11.0. The molecule has 302 valence electrons. The molecule has 1 aliphatic rings. The molecule has 1 saturated heterocycles. The second kappa shape index (κ2) is 33.4. The molecule has 2 atom stereocenters. The van der Waals surface area contributed by atoms with Crippen molar-refractivity contribution in [2.24, 2.45) is 5.92 Å². The molecular weight excluding hydrogens is 638 g/mol. The maximum atomic E-state index is 12.6. The fraction of sp³-hybridized carbons (Fsp3) is 0.955. The first-order valence-corrected chi connectivity index (χ1v) is 22.2. The number of ether oxygens (including phenoxy) is 3. The molecule has 0 aliphatic carbocycles. The molecule has 0 radical (unpaired) electrons. The largest absolute Gasteiger partial charge is 0.466 e. The van der Waals surface area contributed by atoms with E-state index in [0.717, 1.165) is 116 Å². The maximum Gasteiger partial charge on any atom is 0.309 e. The molecule has 0 amide bonds. The summed E-state index contributed by atoms with van der Waals surface area (Å²) in [6, 6.07) is 0. The number of esters is 2. The molecule has 0 saturated carbocycles. The van der Waals surface area contributed by atoms with Crippen LogP contribution in [-0.2, 0) is 23.8 Å². The monoisotopic (exact) mass is 724 g/mol. The molecule has 0 aromatic heterocycles. The molecule has 0 aromatic carbocycles. The zero-order valence-corrected chi connectivity index (χ0v) is 34.3. The van der Waals surface area contributed by atoms with Crippen molar-refractivity contribution in [2.45, 2.75) is 225 Å². The lowest BCUT2D eigenvalue weighted by Gasteiger charge is -2.29. The first kappa shape index (κ1) is 47.8. The van der Waals surface area contributed by atoms with Crippen LogP contribution in [-0.4, -0.2) is 73.6 Å². The van der Waals surface area contributed by atoms with Gasteiger partial charge in [0.1, 0.15) is 0 Å². The number of aliphatic hydroxyl groups is 1. The molecule has 1 fully saturated rings. The van der Waals surface area contributed by atoms with Gasteiger partial charge in [0.05, 0.1) is 30.8 Å². The molecule has 0 aromatic rings. The molecule has 1 heterocycles. The van der Waals surface area contributed by atoms with E-state index in [9.17, 15) is 14.7 Å². The summed E-state index contributed by atoms with van der Waals surface area (Å²) in [5.74, 6) is -0.0831. The zero-order valence-electron chi connectivity index (χ0n) is 34.3. The summed E-state index contributed by atoms with van der Waals surface area (Å²) in [6.45, 7) is 10.4. The summed E-state index contributed by atoms with van der Waals surface area (Å²) < 4.78 is 17.5. The molecule has 7 heteroatoms. The van der Waals surface area contributed by atoms with Crippen LogP contribution in [0.5, 0.6) is 0 Å². The molecule has 51 heavy (non-hydrogen) atoms. The average molecular weight is 724 g/mol. The Morgan fingerprint density at radius 2 is 1.06 bits per heavy atom. The Morgan fingerprint density at radius 1 is 0.608 bits per heavy atom. The fourth-order valence-corrected chi connectivity index (χ4v) is 7.39. The highest BCUT2D eigenvalue weighted by Crippen LogP contribution is 2.29. The Hall–Kier alpha value is -1.18. The molecule has 0 spiro atoms. The first-order valence-electron chi connectivity index (χ1n) is 22.2. The van der Waals surface area contributed by atoms with Crippen LogP contribution in [0.3, 0.4) is 0 Å². The Bertz CT molecular complexity index is 784. The smallest absolute Gasteiger partial charge is 0.309 e. The molecule has 7 nitrogen and oxygen atoms in total. The van der Waals surface area contributed by atoms with Crippen molar-refractivity contribution in [2.75, 3.05) is 40.0 Å². The van der Waals surface area contributed by atoms with Crippen molar-refractivity contribution in [1.29, 1.82) is 0 Å². The second-order valence-corrected chi connectivity index (χ2v) is 16.0. The van der Waals surface area contributed by atoms with Crippen LogP contribution < -0.4 is 0 Å². The summed E-state index contributed by atoms with van der Waals surface area (Å²) >= 11 is 0. The highest BCUT2D eigenvalue weighted by atomic mass is 16.5. The van der Waals surface area contributed by atoms with Gasteiger partial charge in [-0.1, -0.05) is 136 Å². The van der Waals surface area contributed by atoms with E-state index in [2.05, 4.69) is 32.7 Å². The summed E-state index contributed by atoms with van der Waals surface area (Å²) in [6.07, 6.45) is 32.1. The minimum atomic E-state index is -0.639. The fourth-order valence-electron chi connectivity index (χ4n) is 7.39. The summed E-state index contributed by atoms with van der Waals surface area (Å²) in [5.41, 5.74) is -0.639. The lowest BCUT2D eigenvalue weighted by Crippen LogP contribution is -2.34. The van der Waals surface area contributed by atoms with Crippen LogP contribution in [0.25, 0.3) is 0 Å². The maximum absolute atomic E-state index is 12.6. The topological polar surface area (TPSA) is 85.3 Å². The summed E-state index contributed by atoms with van der Waals surface area (Å²) in [5, 5.41) is 11.6. The Kier molecular flexibility index (Phi) is 31.3. The number of piperidine rings is 1. The predicted octanol–water partition coefficient (Wildman–Crippen LogP) is 11.5. The number of carbonyl (C=O) groups is 2. The van der Waals surface area contributed by atoms with Crippen LogP contribution in [0, 0.1) is 5.92 Å². The van der Waals surface area contributed by atoms with Crippen molar-refractivity contribution < 1.29 is 28.9 Å². The van der Waals surface area contributed by atoms with Crippen LogP contribution in [0.1, 0.15) is 213 Å². The predicted molar refractivity (Wildman–Crippen MR) is 213 cm³/mol. The van der Waals surface area contributed by atoms with Crippen LogP contribution in [0.15, 0.2) is 0 Å². The van der Waals surface area contributed by atoms with Gasteiger partial charge in [-0.3, -0.25) is 9.59 Å². The van der Waals surface area contributed by atoms with Gasteiger partial charge in [0.2, 0.25) is 0 Å². The average Bonchev–Trinajstić information content (AvgIpc) is 3.12. The number of hydrogen-bond acceptors (Lipinski definition) is 7. The van der Waals surface area contributed by atoms with Gasteiger partial charge in [-0.2, -0.15) is 0 Å². The van der Waals surface area contributed by atoms with E-state index >= 15 is 0 Å². The van der Waals surface area contributed by atoms with Gasteiger partial charge in [-0.25, -0.2) is 0 Å². The van der Waals surface area contributed by atoms with E-state index < -0.39 is 5.60 Å². The van der Waals surface area contributed by atoms with Crippen LogP contribution in [0.2, 0.25) is 0 Å². The third-order valence-corrected chi connectivity index (χ3v) is 11.0. The van der Waals surface area contributed by atoms with Gasteiger partial charge >= 0.3 is 11.9 Å². The van der Waals surface area contributed by atoms with E-state index in [1.54, 1.807) is 0 Å². The minimum absolute atomic E-state index is 0.0369. The zero-order chi connectivity index (χ0) is 37.3. The molecular formula is C44H85NO6. The lowest BCUT2D eigenvalue weighted by atomic mass is 9.85. The van der Waals surface area contributed by atoms with Gasteiger partial charge in [0.15, 0.2) is 0 Å². The Balaban J connectivity index is 2.31.